The van der Waals surface area contributed by atoms with Gasteiger partial charge in [0.05, 0.1) is 10.1 Å². The third-order valence-electron chi connectivity index (χ3n) is 4.69. The molecule has 0 aliphatic heterocycles. The molecule has 0 radical (unpaired) electrons. The number of hydrogen-bond acceptors (Lipinski definition) is 4. The minimum atomic E-state index is -3.33. The molecule has 1 fully saturated rings. The first kappa shape index (κ1) is 19.0. The van der Waals surface area contributed by atoms with Crippen molar-refractivity contribution in [2.45, 2.75) is 41.6 Å². The van der Waals surface area contributed by atoms with Crippen LogP contribution in [-0.4, -0.2) is 25.8 Å². The lowest BCUT2D eigenvalue weighted by Crippen LogP contribution is -2.18. The Morgan fingerprint density at radius 1 is 1.12 bits per heavy atom. The Labute approximate surface area is 159 Å². The smallest absolute Gasteiger partial charge is 0.255 e. The molecule has 0 spiro atoms. The van der Waals surface area contributed by atoms with E-state index in [1.807, 2.05) is 18.4 Å². The number of amides is 1. The largest absolute Gasteiger partial charge is 0.322 e. The molecular weight excluding hydrogens is 366 g/mol. The van der Waals surface area contributed by atoms with Crippen LogP contribution >= 0.6 is 11.8 Å². The van der Waals surface area contributed by atoms with Gasteiger partial charge in [-0.1, -0.05) is 31.0 Å². The van der Waals surface area contributed by atoms with Crippen molar-refractivity contribution < 1.29 is 13.2 Å². The van der Waals surface area contributed by atoms with Gasteiger partial charge in [-0.25, -0.2) is 8.42 Å². The number of rotatable bonds is 6. The predicted molar refractivity (Wildman–Crippen MR) is 107 cm³/mol. The van der Waals surface area contributed by atoms with Crippen molar-refractivity contribution in [1.82, 2.24) is 0 Å². The van der Waals surface area contributed by atoms with Gasteiger partial charge in [0.15, 0.2) is 9.84 Å². The molecule has 0 atom stereocenters. The topological polar surface area (TPSA) is 63.2 Å². The summed E-state index contributed by atoms with van der Waals surface area (Å²) in [5, 5.41) is 2.51. The Bertz CT molecular complexity index is 870. The average molecular weight is 390 g/mol. The van der Waals surface area contributed by atoms with Crippen molar-refractivity contribution in [1.29, 1.82) is 0 Å². The summed E-state index contributed by atoms with van der Waals surface area (Å²) in [5.41, 5.74) is 2.22. The van der Waals surface area contributed by atoms with Crippen LogP contribution in [0.4, 0.5) is 5.69 Å². The Kier molecular flexibility index (Phi) is 6.04. The molecule has 1 amide bonds. The summed E-state index contributed by atoms with van der Waals surface area (Å²) in [6.07, 6.45) is 5.41. The van der Waals surface area contributed by atoms with E-state index >= 15 is 0 Å². The maximum atomic E-state index is 12.7. The van der Waals surface area contributed by atoms with E-state index in [-0.39, 0.29) is 16.1 Å². The van der Waals surface area contributed by atoms with Crippen LogP contribution in [0.3, 0.4) is 0 Å². The van der Waals surface area contributed by atoms with Gasteiger partial charge in [0.2, 0.25) is 0 Å². The molecular formula is C20H23NO3S2. The van der Waals surface area contributed by atoms with Crippen molar-refractivity contribution >= 4 is 33.2 Å². The van der Waals surface area contributed by atoms with Crippen LogP contribution < -0.4 is 5.32 Å². The maximum absolute atomic E-state index is 12.7. The lowest BCUT2D eigenvalue weighted by atomic mass is 10.1. The molecule has 4 nitrogen and oxygen atoms in total. The van der Waals surface area contributed by atoms with E-state index in [2.05, 4.69) is 5.32 Å². The second-order valence-corrected chi connectivity index (χ2v) is 9.66. The van der Waals surface area contributed by atoms with Gasteiger partial charge >= 0.3 is 0 Å². The molecule has 0 saturated heterocycles. The zero-order valence-electron chi connectivity index (χ0n) is 14.8. The highest BCUT2D eigenvalue weighted by Crippen LogP contribution is 2.30. The zero-order chi connectivity index (χ0) is 18.6. The first-order valence-electron chi connectivity index (χ1n) is 8.74. The Balaban J connectivity index is 1.75. The molecule has 138 valence electrons. The number of carbonyl (C=O) groups excluding carboxylic acids is 1. The number of hydrogen-bond donors (Lipinski definition) is 1. The number of carbonyl (C=O) groups is 1. The summed E-state index contributed by atoms with van der Waals surface area (Å²) in [5.74, 6) is 0.666. The Morgan fingerprint density at radius 2 is 1.81 bits per heavy atom. The zero-order valence-corrected chi connectivity index (χ0v) is 16.4. The van der Waals surface area contributed by atoms with Gasteiger partial charge in [-0.05, 0) is 55.0 Å². The van der Waals surface area contributed by atoms with Crippen molar-refractivity contribution in [3.05, 3.63) is 59.7 Å². The molecule has 0 bridgehead atoms. The van der Waals surface area contributed by atoms with Crippen LogP contribution in [0.2, 0.25) is 0 Å². The summed E-state index contributed by atoms with van der Waals surface area (Å²) < 4.78 is 25.5. The van der Waals surface area contributed by atoms with Crippen molar-refractivity contribution in [2.24, 2.45) is 0 Å². The lowest BCUT2D eigenvalue weighted by molar-refractivity contribution is 0.102. The third-order valence-corrected chi connectivity index (χ3v) is 7.57. The van der Waals surface area contributed by atoms with E-state index in [1.54, 1.807) is 48.2 Å². The third kappa shape index (κ3) is 4.30. The number of nitrogens with one attached hydrogen (secondary N) is 1. The number of anilines is 1. The summed E-state index contributed by atoms with van der Waals surface area (Å²) in [4.78, 5) is 12.7. The van der Waals surface area contributed by atoms with Crippen molar-refractivity contribution in [2.75, 3.05) is 11.6 Å². The average Bonchev–Trinajstić information content (AvgIpc) is 3.18. The van der Waals surface area contributed by atoms with E-state index in [4.69, 9.17) is 0 Å². The molecule has 1 N–H and O–H groups in total. The van der Waals surface area contributed by atoms with E-state index in [0.717, 1.165) is 31.4 Å². The summed E-state index contributed by atoms with van der Waals surface area (Å²) >= 11 is 1.73. The molecule has 1 aliphatic rings. The first-order valence-corrected chi connectivity index (χ1v) is 11.7. The van der Waals surface area contributed by atoms with Crippen LogP contribution in [-0.2, 0) is 15.6 Å². The highest BCUT2D eigenvalue weighted by Gasteiger charge is 2.30. The van der Waals surface area contributed by atoms with Crippen LogP contribution in [0.1, 0.15) is 41.6 Å². The summed E-state index contributed by atoms with van der Waals surface area (Å²) in [7, 11) is -3.33. The first-order chi connectivity index (χ1) is 12.5. The van der Waals surface area contributed by atoms with Crippen LogP contribution in [0.15, 0.2) is 53.4 Å². The van der Waals surface area contributed by atoms with Crippen molar-refractivity contribution in [3.8, 4) is 0 Å². The standard InChI is InChI=1S/C20H23NO3S2/c1-25-14-15-9-11-16(12-10-15)20(22)21-17-5-4-8-19(13-17)26(23,24)18-6-2-3-7-18/h4-5,8-13,18H,2-3,6-7,14H2,1H3,(H,21,22). The Hall–Kier alpha value is -1.79. The van der Waals surface area contributed by atoms with Gasteiger partial charge in [0.1, 0.15) is 0 Å². The monoisotopic (exact) mass is 389 g/mol. The van der Waals surface area contributed by atoms with Crippen LogP contribution in [0.5, 0.6) is 0 Å². The van der Waals surface area contributed by atoms with Gasteiger partial charge in [-0.3, -0.25) is 4.79 Å². The van der Waals surface area contributed by atoms with E-state index in [9.17, 15) is 13.2 Å². The second kappa shape index (κ2) is 8.27. The second-order valence-electron chi connectivity index (χ2n) is 6.56. The minimum Gasteiger partial charge on any atom is -0.322 e. The Morgan fingerprint density at radius 3 is 2.46 bits per heavy atom. The van der Waals surface area contributed by atoms with Gasteiger partial charge in [-0.2, -0.15) is 11.8 Å². The minimum absolute atomic E-state index is 0.240. The predicted octanol–water partition coefficient (Wildman–Crippen LogP) is 4.52. The highest BCUT2D eigenvalue weighted by molar-refractivity contribution is 7.97. The van der Waals surface area contributed by atoms with E-state index in [0.29, 0.717) is 11.3 Å². The lowest BCUT2D eigenvalue weighted by Gasteiger charge is -2.13. The molecule has 1 saturated carbocycles. The summed E-state index contributed by atoms with van der Waals surface area (Å²) in [6, 6.07) is 14.0. The molecule has 3 rings (SSSR count). The molecule has 0 aromatic heterocycles. The normalized spacial score (nSPS) is 15.1. The van der Waals surface area contributed by atoms with E-state index < -0.39 is 9.84 Å². The quantitative estimate of drug-likeness (QED) is 0.789. The number of thioether (sulfide) groups is 1. The number of benzene rings is 2. The number of sulfone groups is 1. The molecule has 6 heteroatoms. The molecule has 26 heavy (non-hydrogen) atoms. The summed E-state index contributed by atoms with van der Waals surface area (Å²) in [6.45, 7) is 0. The van der Waals surface area contributed by atoms with Crippen LogP contribution in [0.25, 0.3) is 0 Å². The molecule has 1 aliphatic carbocycles. The molecule has 2 aromatic rings. The van der Waals surface area contributed by atoms with Gasteiger partial charge < -0.3 is 5.32 Å². The van der Waals surface area contributed by atoms with E-state index in [1.165, 1.54) is 5.56 Å². The van der Waals surface area contributed by atoms with Crippen LogP contribution in [0, 0.1) is 0 Å². The highest BCUT2D eigenvalue weighted by atomic mass is 32.2. The SMILES string of the molecule is CSCc1ccc(C(=O)Nc2cccc(S(=O)(=O)C3CCCC3)c2)cc1. The van der Waals surface area contributed by atoms with Crippen molar-refractivity contribution in [3.63, 3.8) is 0 Å². The molecule has 2 aromatic carbocycles. The fourth-order valence-electron chi connectivity index (χ4n) is 3.26. The van der Waals surface area contributed by atoms with Gasteiger partial charge in [-0.15, -0.1) is 0 Å². The maximum Gasteiger partial charge on any atom is 0.255 e. The molecule has 0 heterocycles. The fraction of sp³-hybridized carbons (Fsp3) is 0.350. The van der Waals surface area contributed by atoms with Gasteiger partial charge in [0, 0.05) is 17.0 Å². The fourth-order valence-corrected chi connectivity index (χ4v) is 5.69. The molecule has 0 unspecified atom stereocenters. The van der Waals surface area contributed by atoms with Gasteiger partial charge in [0.25, 0.3) is 5.91 Å².